The molecule has 0 aliphatic heterocycles. The molecule has 1 N–H and O–H groups in total. The van der Waals surface area contributed by atoms with Crippen LogP contribution in [0, 0.1) is 13.8 Å². The molecule has 0 spiro atoms. The fourth-order valence-electron chi connectivity index (χ4n) is 2.83. The van der Waals surface area contributed by atoms with E-state index in [0.29, 0.717) is 21.6 Å². The number of rotatable bonds is 3. The Morgan fingerprint density at radius 1 is 1.12 bits per heavy atom. The predicted octanol–water partition coefficient (Wildman–Crippen LogP) is 6.19. The SMILES string of the molecule is Cc1oc(C)c(C(=O)Nc2cccc(-c3nc4ccccc4s3)c2)c1Br. The summed E-state index contributed by atoms with van der Waals surface area (Å²) >= 11 is 5.06. The molecule has 4 rings (SSSR count). The molecule has 0 saturated heterocycles. The molecule has 2 heterocycles. The first-order valence-corrected chi connectivity index (χ1v) is 9.67. The Balaban J connectivity index is 1.64. The van der Waals surface area contributed by atoms with Crippen LogP contribution in [0.4, 0.5) is 5.69 Å². The van der Waals surface area contributed by atoms with Gasteiger partial charge in [-0.15, -0.1) is 11.3 Å². The second-order valence-corrected chi connectivity index (χ2v) is 7.75. The second-order valence-electron chi connectivity index (χ2n) is 5.93. The number of nitrogens with zero attached hydrogens (tertiary/aromatic N) is 1. The first-order chi connectivity index (χ1) is 12.5. The highest BCUT2D eigenvalue weighted by molar-refractivity contribution is 9.10. The topological polar surface area (TPSA) is 55.1 Å². The lowest BCUT2D eigenvalue weighted by Crippen LogP contribution is -2.12. The van der Waals surface area contributed by atoms with E-state index >= 15 is 0 Å². The van der Waals surface area contributed by atoms with Crippen LogP contribution in [0.3, 0.4) is 0 Å². The van der Waals surface area contributed by atoms with Gasteiger partial charge in [0.25, 0.3) is 5.91 Å². The maximum atomic E-state index is 12.6. The molecule has 4 nitrogen and oxygen atoms in total. The quantitative estimate of drug-likeness (QED) is 0.424. The Labute approximate surface area is 163 Å². The zero-order valence-electron chi connectivity index (χ0n) is 14.2. The van der Waals surface area contributed by atoms with E-state index in [1.807, 2.05) is 49.4 Å². The highest BCUT2D eigenvalue weighted by Gasteiger charge is 2.20. The third-order valence-corrected chi connectivity index (χ3v) is 6.12. The van der Waals surface area contributed by atoms with E-state index < -0.39 is 0 Å². The Bertz CT molecular complexity index is 1100. The lowest BCUT2D eigenvalue weighted by atomic mass is 10.2. The van der Waals surface area contributed by atoms with Crippen LogP contribution in [0.2, 0.25) is 0 Å². The van der Waals surface area contributed by atoms with Crippen molar-refractivity contribution in [1.29, 1.82) is 0 Å². The average molecular weight is 427 g/mol. The highest BCUT2D eigenvalue weighted by Crippen LogP contribution is 2.32. The monoisotopic (exact) mass is 426 g/mol. The van der Waals surface area contributed by atoms with Gasteiger partial charge in [-0.25, -0.2) is 4.98 Å². The number of carbonyl (C=O) groups excluding carboxylic acids is 1. The van der Waals surface area contributed by atoms with E-state index in [4.69, 9.17) is 4.42 Å². The summed E-state index contributed by atoms with van der Waals surface area (Å²) in [5.74, 6) is 1.08. The lowest BCUT2D eigenvalue weighted by Gasteiger charge is -2.06. The van der Waals surface area contributed by atoms with Crippen molar-refractivity contribution in [2.45, 2.75) is 13.8 Å². The number of furan rings is 1. The molecule has 2 aromatic carbocycles. The second kappa shape index (κ2) is 6.70. The van der Waals surface area contributed by atoms with Crippen molar-refractivity contribution < 1.29 is 9.21 Å². The number of thiazole rings is 1. The number of halogens is 1. The molecule has 6 heteroatoms. The zero-order chi connectivity index (χ0) is 18.3. The predicted molar refractivity (Wildman–Crippen MR) is 109 cm³/mol. The molecule has 2 aromatic heterocycles. The van der Waals surface area contributed by atoms with E-state index in [1.54, 1.807) is 18.3 Å². The molecule has 0 atom stereocenters. The molecular weight excluding hydrogens is 412 g/mol. The number of hydrogen-bond acceptors (Lipinski definition) is 4. The number of nitrogens with one attached hydrogen (secondary N) is 1. The molecule has 0 aliphatic rings. The van der Waals surface area contributed by atoms with Gasteiger partial charge >= 0.3 is 0 Å². The molecule has 130 valence electrons. The van der Waals surface area contributed by atoms with Crippen LogP contribution >= 0.6 is 27.3 Å². The Morgan fingerprint density at radius 3 is 2.65 bits per heavy atom. The largest absolute Gasteiger partial charge is 0.465 e. The highest BCUT2D eigenvalue weighted by atomic mass is 79.9. The summed E-state index contributed by atoms with van der Waals surface area (Å²) in [5, 5.41) is 3.87. The van der Waals surface area contributed by atoms with Crippen LogP contribution in [0.25, 0.3) is 20.8 Å². The summed E-state index contributed by atoms with van der Waals surface area (Å²) in [5.41, 5.74) is 3.20. The lowest BCUT2D eigenvalue weighted by molar-refractivity contribution is 0.102. The van der Waals surface area contributed by atoms with Crippen molar-refractivity contribution in [3.8, 4) is 10.6 Å². The van der Waals surface area contributed by atoms with Crippen molar-refractivity contribution in [3.63, 3.8) is 0 Å². The minimum absolute atomic E-state index is 0.201. The van der Waals surface area contributed by atoms with Gasteiger partial charge in [-0.3, -0.25) is 4.79 Å². The molecule has 0 unspecified atom stereocenters. The third kappa shape index (κ3) is 3.06. The van der Waals surface area contributed by atoms with E-state index in [0.717, 1.165) is 26.5 Å². The van der Waals surface area contributed by atoms with E-state index in [-0.39, 0.29) is 5.91 Å². The van der Waals surface area contributed by atoms with Crippen LogP contribution in [-0.2, 0) is 0 Å². The van der Waals surface area contributed by atoms with Crippen molar-refractivity contribution in [1.82, 2.24) is 4.98 Å². The summed E-state index contributed by atoms with van der Waals surface area (Å²) < 4.78 is 7.35. The number of fused-ring (bicyclic) bond motifs is 1. The first-order valence-electron chi connectivity index (χ1n) is 8.06. The van der Waals surface area contributed by atoms with Crippen molar-refractivity contribution in [2.75, 3.05) is 5.32 Å². The Morgan fingerprint density at radius 2 is 1.92 bits per heavy atom. The number of carbonyl (C=O) groups is 1. The van der Waals surface area contributed by atoms with E-state index in [1.165, 1.54) is 0 Å². The number of anilines is 1. The van der Waals surface area contributed by atoms with Gasteiger partial charge in [-0.05, 0) is 54.0 Å². The molecule has 0 bridgehead atoms. The number of aromatic nitrogens is 1. The maximum Gasteiger partial charge on any atom is 0.260 e. The third-order valence-electron chi connectivity index (χ3n) is 4.08. The maximum absolute atomic E-state index is 12.6. The van der Waals surface area contributed by atoms with Crippen LogP contribution in [0.5, 0.6) is 0 Å². The van der Waals surface area contributed by atoms with Gasteiger partial charge in [0.1, 0.15) is 16.5 Å². The number of hydrogen-bond donors (Lipinski definition) is 1. The molecule has 26 heavy (non-hydrogen) atoms. The minimum Gasteiger partial charge on any atom is -0.465 e. The molecule has 0 radical (unpaired) electrons. The molecule has 0 fully saturated rings. The molecule has 0 saturated carbocycles. The summed E-state index contributed by atoms with van der Waals surface area (Å²) in [4.78, 5) is 17.3. The first kappa shape index (κ1) is 17.0. The van der Waals surface area contributed by atoms with Crippen LogP contribution in [-0.4, -0.2) is 10.9 Å². The van der Waals surface area contributed by atoms with E-state index in [9.17, 15) is 4.79 Å². The van der Waals surface area contributed by atoms with Gasteiger partial charge in [0.2, 0.25) is 0 Å². The molecule has 4 aromatic rings. The van der Waals surface area contributed by atoms with Gasteiger partial charge in [0.05, 0.1) is 20.3 Å². The summed E-state index contributed by atoms with van der Waals surface area (Å²) in [6.07, 6.45) is 0. The number of benzene rings is 2. The normalized spacial score (nSPS) is 11.0. The summed E-state index contributed by atoms with van der Waals surface area (Å²) in [6.45, 7) is 3.60. The zero-order valence-corrected chi connectivity index (χ0v) is 16.6. The van der Waals surface area contributed by atoms with Gasteiger partial charge < -0.3 is 9.73 Å². The van der Waals surface area contributed by atoms with Gasteiger partial charge in [0.15, 0.2) is 0 Å². The molecule has 0 aliphatic carbocycles. The Hall–Kier alpha value is -2.44. The van der Waals surface area contributed by atoms with Crippen molar-refractivity contribution in [3.05, 3.63) is 70.1 Å². The number of aryl methyl sites for hydroxylation is 2. The van der Waals surface area contributed by atoms with Crippen LogP contribution in [0.15, 0.2) is 57.4 Å². The standard InChI is InChI=1S/C20H15BrN2O2S/c1-11-17(18(21)12(2)25-11)19(24)22-14-7-5-6-13(10-14)20-23-15-8-3-4-9-16(15)26-20/h3-10H,1-2H3,(H,22,24). The van der Waals surface area contributed by atoms with Gasteiger partial charge in [-0.2, -0.15) is 0 Å². The fourth-order valence-corrected chi connectivity index (χ4v) is 4.34. The van der Waals surface area contributed by atoms with E-state index in [2.05, 4.69) is 32.3 Å². The van der Waals surface area contributed by atoms with Crippen molar-refractivity contribution in [2.24, 2.45) is 0 Å². The van der Waals surface area contributed by atoms with Crippen LogP contribution in [0.1, 0.15) is 21.9 Å². The van der Waals surface area contributed by atoms with Crippen LogP contribution < -0.4 is 5.32 Å². The van der Waals surface area contributed by atoms with Crippen molar-refractivity contribution >= 4 is 49.1 Å². The number of para-hydroxylation sites is 1. The average Bonchev–Trinajstić information content (AvgIpc) is 3.16. The van der Waals surface area contributed by atoms with Gasteiger partial charge in [-0.1, -0.05) is 24.3 Å². The fraction of sp³-hybridized carbons (Fsp3) is 0.100. The minimum atomic E-state index is -0.201. The van der Waals surface area contributed by atoms with Gasteiger partial charge in [0, 0.05) is 11.3 Å². The Kier molecular flexibility index (Phi) is 4.38. The summed E-state index contributed by atoms with van der Waals surface area (Å²) in [7, 11) is 0. The molecular formula is C20H15BrN2O2S. The smallest absolute Gasteiger partial charge is 0.260 e. The molecule has 1 amide bonds. The summed E-state index contributed by atoms with van der Waals surface area (Å²) in [6, 6.07) is 15.8. The number of amides is 1.